The van der Waals surface area contributed by atoms with Gasteiger partial charge in [0.05, 0.1) is 11.2 Å². The number of carbonyl (C=O) groups is 3. The highest BCUT2D eigenvalue weighted by molar-refractivity contribution is 8.18. The molecule has 0 aromatic carbocycles. The third-order valence-electron chi connectivity index (χ3n) is 2.70. The van der Waals surface area contributed by atoms with Gasteiger partial charge in [-0.05, 0) is 42.5 Å². The first-order valence-electron chi connectivity index (χ1n) is 6.25. The van der Waals surface area contributed by atoms with Crippen molar-refractivity contribution in [3.05, 3.63) is 41.2 Å². The van der Waals surface area contributed by atoms with Crippen molar-refractivity contribution >= 4 is 35.0 Å². The van der Waals surface area contributed by atoms with E-state index in [1.165, 1.54) is 6.26 Å². The molecule has 0 radical (unpaired) electrons. The average molecular weight is 307 g/mol. The molecule has 1 N–H and O–H groups in total. The van der Waals surface area contributed by atoms with E-state index < -0.39 is 5.97 Å². The van der Waals surface area contributed by atoms with E-state index in [-0.39, 0.29) is 30.5 Å². The van der Waals surface area contributed by atoms with Crippen molar-refractivity contribution in [1.29, 1.82) is 0 Å². The molecule has 6 nitrogen and oxygen atoms in total. The van der Waals surface area contributed by atoms with E-state index in [4.69, 9.17) is 9.52 Å². The van der Waals surface area contributed by atoms with Crippen LogP contribution in [-0.2, 0) is 9.59 Å². The fourth-order valence-electron chi connectivity index (χ4n) is 1.71. The largest absolute Gasteiger partial charge is 0.481 e. The van der Waals surface area contributed by atoms with Gasteiger partial charge in [-0.15, -0.1) is 0 Å². The molecule has 2 rings (SSSR count). The predicted molar refractivity (Wildman–Crippen MR) is 77.4 cm³/mol. The molecule has 7 heteroatoms. The maximum Gasteiger partial charge on any atom is 0.303 e. The van der Waals surface area contributed by atoms with E-state index in [1.54, 1.807) is 30.4 Å². The van der Waals surface area contributed by atoms with Crippen molar-refractivity contribution in [1.82, 2.24) is 4.90 Å². The molecule has 0 aliphatic carbocycles. The number of aliphatic carboxylic acids is 1. The minimum Gasteiger partial charge on any atom is -0.481 e. The number of hydrogen-bond acceptors (Lipinski definition) is 5. The Hall–Kier alpha value is -2.28. The number of carbonyl (C=O) groups excluding carboxylic acids is 2. The topological polar surface area (TPSA) is 87.8 Å². The minimum absolute atomic E-state index is 0.0703. The van der Waals surface area contributed by atoms with Crippen LogP contribution in [-0.4, -0.2) is 33.7 Å². The summed E-state index contributed by atoms with van der Waals surface area (Å²) in [6.07, 6.45) is 6.58. The zero-order valence-electron chi connectivity index (χ0n) is 11.0. The fourth-order valence-corrected chi connectivity index (χ4v) is 2.53. The summed E-state index contributed by atoms with van der Waals surface area (Å²) in [6, 6.07) is 3.51. The number of carboxylic acid groups (broad SMARTS) is 1. The molecule has 0 saturated carbocycles. The Morgan fingerprint density at radius 1 is 1.43 bits per heavy atom. The van der Waals surface area contributed by atoms with E-state index in [9.17, 15) is 14.4 Å². The smallest absolute Gasteiger partial charge is 0.303 e. The molecule has 1 saturated heterocycles. The van der Waals surface area contributed by atoms with Crippen LogP contribution in [0.5, 0.6) is 0 Å². The van der Waals surface area contributed by atoms with Gasteiger partial charge in [0.25, 0.3) is 11.1 Å². The van der Waals surface area contributed by atoms with Crippen molar-refractivity contribution < 1.29 is 23.9 Å². The Bertz CT molecular complexity index is 603. The molecule has 21 heavy (non-hydrogen) atoms. The second kappa shape index (κ2) is 6.94. The SMILES string of the molecule is O=C(O)CCCN1C(=O)S/C(=C\C=C\c2ccco2)C1=O. The summed E-state index contributed by atoms with van der Waals surface area (Å²) in [7, 11) is 0. The highest BCUT2D eigenvalue weighted by Crippen LogP contribution is 2.30. The number of imide groups is 1. The van der Waals surface area contributed by atoms with Crippen molar-refractivity contribution in [3.8, 4) is 0 Å². The van der Waals surface area contributed by atoms with Gasteiger partial charge < -0.3 is 9.52 Å². The van der Waals surface area contributed by atoms with Gasteiger partial charge in [0.2, 0.25) is 0 Å². The first kappa shape index (κ1) is 15.1. The maximum absolute atomic E-state index is 12.0. The molecule has 1 aliphatic heterocycles. The number of furan rings is 1. The summed E-state index contributed by atoms with van der Waals surface area (Å²) in [6.45, 7) is 0.121. The highest BCUT2D eigenvalue weighted by atomic mass is 32.2. The van der Waals surface area contributed by atoms with Gasteiger partial charge in [0.15, 0.2) is 0 Å². The lowest BCUT2D eigenvalue weighted by Crippen LogP contribution is -2.29. The Balaban J connectivity index is 1.95. The lowest BCUT2D eigenvalue weighted by atomic mass is 10.3. The molecule has 110 valence electrons. The van der Waals surface area contributed by atoms with E-state index in [2.05, 4.69) is 0 Å². The predicted octanol–water partition coefficient (Wildman–Crippen LogP) is 2.74. The Labute approximate surface area is 125 Å². The van der Waals surface area contributed by atoms with Crippen LogP contribution < -0.4 is 0 Å². The van der Waals surface area contributed by atoms with Gasteiger partial charge in [0, 0.05) is 13.0 Å². The summed E-state index contributed by atoms with van der Waals surface area (Å²) >= 11 is 0.847. The maximum atomic E-state index is 12.0. The van der Waals surface area contributed by atoms with Gasteiger partial charge in [-0.2, -0.15) is 0 Å². The van der Waals surface area contributed by atoms with Crippen molar-refractivity contribution in [2.75, 3.05) is 6.54 Å². The van der Waals surface area contributed by atoms with Crippen LogP contribution in [0.4, 0.5) is 4.79 Å². The summed E-state index contributed by atoms with van der Waals surface area (Å²) in [5.74, 6) is -0.690. The van der Waals surface area contributed by atoms with Crippen molar-refractivity contribution in [2.24, 2.45) is 0 Å². The van der Waals surface area contributed by atoms with Gasteiger partial charge in [0.1, 0.15) is 5.76 Å². The number of allylic oxidation sites excluding steroid dienone is 2. The third kappa shape index (κ3) is 4.09. The molecule has 1 aromatic heterocycles. The minimum atomic E-state index is -0.945. The van der Waals surface area contributed by atoms with Crippen LogP contribution in [0.25, 0.3) is 6.08 Å². The number of hydrogen-bond donors (Lipinski definition) is 1. The lowest BCUT2D eigenvalue weighted by molar-refractivity contribution is -0.137. The number of thioether (sulfide) groups is 1. The molecular formula is C14H13NO5S. The van der Waals surface area contributed by atoms with Gasteiger partial charge in [-0.3, -0.25) is 19.3 Å². The zero-order valence-corrected chi connectivity index (χ0v) is 11.8. The normalized spacial score (nSPS) is 17.3. The van der Waals surface area contributed by atoms with E-state index in [0.717, 1.165) is 16.7 Å². The van der Waals surface area contributed by atoms with Gasteiger partial charge in [-0.1, -0.05) is 6.08 Å². The van der Waals surface area contributed by atoms with E-state index in [0.29, 0.717) is 10.7 Å². The Morgan fingerprint density at radius 2 is 2.24 bits per heavy atom. The van der Waals surface area contributed by atoms with Crippen LogP contribution in [0, 0.1) is 0 Å². The first-order valence-corrected chi connectivity index (χ1v) is 7.07. The number of carboxylic acids is 1. The molecule has 0 atom stereocenters. The van der Waals surface area contributed by atoms with Crippen molar-refractivity contribution in [2.45, 2.75) is 12.8 Å². The molecule has 0 bridgehead atoms. The number of amides is 2. The molecule has 1 aliphatic rings. The lowest BCUT2D eigenvalue weighted by Gasteiger charge is -2.10. The highest BCUT2D eigenvalue weighted by Gasteiger charge is 2.34. The second-order valence-corrected chi connectivity index (χ2v) is 5.22. The van der Waals surface area contributed by atoms with E-state index in [1.807, 2.05) is 0 Å². The fraction of sp³-hybridized carbons (Fsp3) is 0.214. The zero-order chi connectivity index (χ0) is 15.2. The molecule has 1 fully saturated rings. The monoisotopic (exact) mass is 307 g/mol. The Kier molecular flexibility index (Phi) is 4.99. The van der Waals surface area contributed by atoms with Crippen LogP contribution >= 0.6 is 11.8 Å². The molecule has 2 heterocycles. The number of nitrogens with zero attached hydrogens (tertiary/aromatic N) is 1. The molecule has 1 aromatic rings. The molecule has 0 spiro atoms. The van der Waals surface area contributed by atoms with Crippen LogP contribution in [0.1, 0.15) is 18.6 Å². The first-order chi connectivity index (χ1) is 10.1. The van der Waals surface area contributed by atoms with Gasteiger partial charge >= 0.3 is 5.97 Å². The summed E-state index contributed by atoms with van der Waals surface area (Å²) in [5.41, 5.74) is 0. The van der Waals surface area contributed by atoms with Crippen LogP contribution in [0.2, 0.25) is 0 Å². The quantitative estimate of drug-likeness (QED) is 0.813. The van der Waals surface area contributed by atoms with E-state index >= 15 is 0 Å². The summed E-state index contributed by atoms with van der Waals surface area (Å²) in [5, 5.41) is 8.18. The molecule has 2 amide bonds. The summed E-state index contributed by atoms with van der Waals surface area (Å²) in [4.78, 5) is 35.5. The average Bonchev–Trinajstić information content (AvgIpc) is 3.02. The Morgan fingerprint density at radius 3 is 2.90 bits per heavy atom. The standard InChI is InChI=1S/C14H13NO5S/c16-12(17)7-2-8-15-13(18)11(21-14(15)19)6-1-4-10-5-3-9-20-10/h1,3-6,9H,2,7-8H2,(H,16,17)/b4-1+,11-6-. The molecule has 0 unspecified atom stereocenters. The van der Waals surface area contributed by atoms with Crippen LogP contribution in [0.3, 0.4) is 0 Å². The van der Waals surface area contributed by atoms with Crippen LogP contribution in [0.15, 0.2) is 39.9 Å². The second-order valence-electron chi connectivity index (χ2n) is 4.23. The van der Waals surface area contributed by atoms with Gasteiger partial charge in [-0.25, -0.2) is 0 Å². The van der Waals surface area contributed by atoms with Crippen molar-refractivity contribution in [3.63, 3.8) is 0 Å². The number of rotatable bonds is 6. The molecular weight excluding hydrogens is 294 g/mol. The summed E-state index contributed by atoms with van der Waals surface area (Å²) < 4.78 is 5.10. The third-order valence-corrected chi connectivity index (χ3v) is 3.62.